The molecule has 2 N–H and O–H groups in total. The predicted molar refractivity (Wildman–Crippen MR) is 102 cm³/mol. The molecule has 1 aromatic heterocycles. The minimum atomic E-state index is -0.325. The molecule has 0 spiro atoms. The molecule has 1 amide bonds. The SMILES string of the molecule is Cl.O=C(NCc1ncc(-c2ccccc2)o1)C1NCCc2ccccc21. The Morgan fingerprint density at radius 2 is 1.92 bits per heavy atom. The lowest BCUT2D eigenvalue weighted by atomic mass is 9.94. The number of oxazole rings is 1. The Kier molecular flexibility index (Phi) is 5.71. The number of carbonyl (C=O) groups excluding carboxylic acids is 1. The molecule has 1 unspecified atom stereocenters. The van der Waals surface area contributed by atoms with Gasteiger partial charge in [-0.25, -0.2) is 4.98 Å². The zero-order valence-corrected chi connectivity index (χ0v) is 15.0. The Morgan fingerprint density at radius 1 is 1.15 bits per heavy atom. The molecular formula is C20H20ClN3O2. The molecule has 6 heteroatoms. The Hall–Kier alpha value is -2.63. The van der Waals surface area contributed by atoms with Crippen molar-refractivity contribution in [1.29, 1.82) is 0 Å². The quantitative estimate of drug-likeness (QED) is 0.740. The summed E-state index contributed by atoms with van der Waals surface area (Å²) < 4.78 is 5.73. The van der Waals surface area contributed by atoms with Gasteiger partial charge in [-0.3, -0.25) is 4.79 Å². The minimum Gasteiger partial charge on any atom is -0.439 e. The smallest absolute Gasteiger partial charge is 0.242 e. The normalized spacial score (nSPS) is 15.6. The van der Waals surface area contributed by atoms with Gasteiger partial charge >= 0.3 is 0 Å². The number of benzene rings is 2. The van der Waals surface area contributed by atoms with E-state index in [-0.39, 0.29) is 30.9 Å². The topological polar surface area (TPSA) is 67.2 Å². The molecule has 1 atom stereocenters. The molecule has 0 aliphatic carbocycles. The van der Waals surface area contributed by atoms with Gasteiger partial charge in [0.25, 0.3) is 0 Å². The first-order valence-electron chi connectivity index (χ1n) is 8.40. The molecule has 26 heavy (non-hydrogen) atoms. The van der Waals surface area contributed by atoms with Crippen LogP contribution in [0.5, 0.6) is 0 Å². The Labute approximate surface area is 158 Å². The van der Waals surface area contributed by atoms with Gasteiger partial charge in [-0.15, -0.1) is 12.4 Å². The summed E-state index contributed by atoms with van der Waals surface area (Å²) in [5.74, 6) is 1.13. The van der Waals surface area contributed by atoms with E-state index in [4.69, 9.17) is 4.42 Å². The van der Waals surface area contributed by atoms with Crippen LogP contribution in [0.2, 0.25) is 0 Å². The van der Waals surface area contributed by atoms with E-state index < -0.39 is 0 Å². The fourth-order valence-electron chi connectivity index (χ4n) is 3.13. The van der Waals surface area contributed by atoms with E-state index in [1.54, 1.807) is 6.20 Å². The second-order valence-corrected chi connectivity index (χ2v) is 6.04. The van der Waals surface area contributed by atoms with Gasteiger partial charge in [0.2, 0.25) is 11.8 Å². The standard InChI is InChI=1S/C20H19N3O2.ClH/c24-20(19-16-9-5-4-6-14(16)10-11-21-19)23-13-18-22-12-17(25-18)15-7-2-1-3-8-15;/h1-9,12,19,21H,10-11,13H2,(H,23,24);1H. The van der Waals surface area contributed by atoms with Crippen LogP contribution in [0.3, 0.4) is 0 Å². The molecule has 4 rings (SSSR count). The van der Waals surface area contributed by atoms with Gasteiger partial charge in [0.15, 0.2) is 5.76 Å². The summed E-state index contributed by atoms with van der Waals surface area (Å²) in [5, 5.41) is 6.20. The molecule has 0 fully saturated rings. The first-order valence-corrected chi connectivity index (χ1v) is 8.40. The van der Waals surface area contributed by atoms with E-state index in [1.807, 2.05) is 48.5 Å². The van der Waals surface area contributed by atoms with Crippen LogP contribution in [-0.2, 0) is 17.8 Å². The van der Waals surface area contributed by atoms with Crippen molar-refractivity contribution in [1.82, 2.24) is 15.6 Å². The third-order valence-corrected chi connectivity index (χ3v) is 4.40. The molecule has 0 radical (unpaired) electrons. The maximum Gasteiger partial charge on any atom is 0.242 e. The highest BCUT2D eigenvalue weighted by atomic mass is 35.5. The van der Waals surface area contributed by atoms with E-state index in [9.17, 15) is 4.79 Å². The molecular weight excluding hydrogens is 350 g/mol. The summed E-state index contributed by atoms with van der Waals surface area (Å²) in [4.78, 5) is 16.8. The van der Waals surface area contributed by atoms with Crippen molar-refractivity contribution in [3.8, 4) is 11.3 Å². The van der Waals surface area contributed by atoms with Crippen molar-refractivity contribution in [2.24, 2.45) is 0 Å². The van der Waals surface area contributed by atoms with E-state index in [0.717, 1.165) is 24.1 Å². The first kappa shape index (κ1) is 18.2. The number of aromatic nitrogens is 1. The van der Waals surface area contributed by atoms with Crippen LogP contribution in [0.4, 0.5) is 0 Å². The summed E-state index contributed by atoms with van der Waals surface area (Å²) in [6.45, 7) is 1.07. The lowest BCUT2D eigenvalue weighted by Crippen LogP contribution is -2.41. The zero-order chi connectivity index (χ0) is 17.1. The van der Waals surface area contributed by atoms with Gasteiger partial charge < -0.3 is 15.1 Å². The highest BCUT2D eigenvalue weighted by molar-refractivity contribution is 5.85. The third kappa shape index (κ3) is 3.79. The van der Waals surface area contributed by atoms with Crippen LogP contribution in [-0.4, -0.2) is 17.4 Å². The van der Waals surface area contributed by atoms with Crippen molar-refractivity contribution in [3.05, 3.63) is 77.8 Å². The molecule has 2 heterocycles. The van der Waals surface area contributed by atoms with Crippen molar-refractivity contribution in [3.63, 3.8) is 0 Å². The van der Waals surface area contributed by atoms with Crippen LogP contribution < -0.4 is 10.6 Å². The molecule has 0 saturated carbocycles. The number of hydrogen-bond donors (Lipinski definition) is 2. The maximum atomic E-state index is 12.6. The number of amides is 1. The molecule has 5 nitrogen and oxygen atoms in total. The summed E-state index contributed by atoms with van der Waals surface area (Å²) in [5.41, 5.74) is 3.24. The maximum absolute atomic E-state index is 12.6. The van der Waals surface area contributed by atoms with Gasteiger partial charge in [0, 0.05) is 12.1 Å². The van der Waals surface area contributed by atoms with Crippen molar-refractivity contribution < 1.29 is 9.21 Å². The van der Waals surface area contributed by atoms with E-state index in [2.05, 4.69) is 21.7 Å². The van der Waals surface area contributed by atoms with Crippen LogP contribution in [0.15, 0.2) is 65.2 Å². The van der Waals surface area contributed by atoms with Crippen molar-refractivity contribution in [2.45, 2.75) is 19.0 Å². The second kappa shape index (κ2) is 8.17. The van der Waals surface area contributed by atoms with Gasteiger partial charge in [-0.2, -0.15) is 0 Å². The van der Waals surface area contributed by atoms with Crippen LogP contribution in [0.1, 0.15) is 23.1 Å². The fraction of sp³-hybridized carbons (Fsp3) is 0.200. The predicted octanol–water partition coefficient (Wildman–Crippen LogP) is 3.27. The highest BCUT2D eigenvalue weighted by Crippen LogP contribution is 2.23. The molecule has 134 valence electrons. The van der Waals surface area contributed by atoms with E-state index in [0.29, 0.717) is 11.7 Å². The van der Waals surface area contributed by atoms with Gasteiger partial charge in [-0.1, -0.05) is 54.6 Å². The summed E-state index contributed by atoms with van der Waals surface area (Å²) in [6.07, 6.45) is 2.63. The van der Waals surface area contributed by atoms with E-state index >= 15 is 0 Å². The Balaban J connectivity index is 0.00000196. The molecule has 0 bridgehead atoms. The largest absolute Gasteiger partial charge is 0.439 e. The first-order chi connectivity index (χ1) is 12.3. The van der Waals surface area contributed by atoms with Crippen LogP contribution in [0.25, 0.3) is 11.3 Å². The fourth-order valence-corrected chi connectivity index (χ4v) is 3.13. The monoisotopic (exact) mass is 369 g/mol. The van der Waals surface area contributed by atoms with Gasteiger partial charge in [0.1, 0.15) is 6.04 Å². The molecule has 0 saturated heterocycles. The highest BCUT2D eigenvalue weighted by Gasteiger charge is 2.25. The average molecular weight is 370 g/mol. The third-order valence-electron chi connectivity index (χ3n) is 4.40. The number of halogens is 1. The van der Waals surface area contributed by atoms with Gasteiger partial charge in [-0.05, 0) is 17.5 Å². The van der Waals surface area contributed by atoms with Gasteiger partial charge in [0.05, 0.1) is 12.7 Å². The van der Waals surface area contributed by atoms with E-state index in [1.165, 1.54) is 5.56 Å². The molecule has 3 aromatic rings. The molecule has 1 aliphatic rings. The minimum absolute atomic E-state index is 0. The Morgan fingerprint density at radius 3 is 2.77 bits per heavy atom. The van der Waals surface area contributed by atoms with Crippen molar-refractivity contribution in [2.75, 3.05) is 6.54 Å². The Bertz CT molecular complexity index is 880. The average Bonchev–Trinajstić information content (AvgIpc) is 3.15. The molecule has 1 aliphatic heterocycles. The lowest BCUT2D eigenvalue weighted by molar-refractivity contribution is -0.123. The van der Waals surface area contributed by atoms with Crippen molar-refractivity contribution >= 4 is 18.3 Å². The molecule has 2 aromatic carbocycles. The van der Waals surface area contributed by atoms with Crippen LogP contribution in [0, 0.1) is 0 Å². The number of hydrogen-bond acceptors (Lipinski definition) is 4. The number of nitrogens with one attached hydrogen (secondary N) is 2. The van der Waals surface area contributed by atoms with Crippen LogP contribution >= 0.6 is 12.4 Å². The summed E-state index contributed by atoms with van der Waals surface area (Å²) in [7, 11) is 0. The zero-order valence-electron chi connectivity index (χ0n) is 14.1. The number of rotatable bonds is 4. The number of nitrogens with zero attached hydrogens (tertiary/aromatic N) is 1. The lowest BCUT2D eigenvalue weighted by Gasteiger charge is -2.25. The summed E-state index contributed by atoms with van der Waals surface area (Å²) >= 11 is 0. The second-order valence-electron chi connectivity index (χ2n) is 6.04. The summed E-state index contributed by atoms with van der Waals surface area (Å²) in [6, 6.07) is 17.5. The number of fused-ring (bicyclic) bond motifs is 1. The number of carbonyl (C=O) groups is 1.